The minimum absolute atomic E-state index is 0.321. The first-order valence-corrected chi connectivity index (χ1v) is 6.80. The highest BCUT2D eigenvalue weighted by molar-refractivity contribution is 6.35. The Morgan fingerprint density at radius 2 is 2.00 bits per heavy atom. The van der Waals surface area contributed by atoms with Crippen molar-refractivity contribution in [1.82, 2.24) is 0 Å². The molecule has 2 aromatic carbocycles. The Morgan fingerprint density at radius 3 is 2.80 bits per heavy atom. The Kier molecular flexibility index (Phi) is 3.55. The standard InChI is InChI=1S/C15H11Cl2NO2/c16-10-2-1-9(13(17)5-10)7-19-11-3-4-15-12(6-11)14(18)8-20-15/h1-6,18H,7-8H2. The van der Waals surface area contributed by atoms with E-state index in [-0.39, 0.29) is 0 Å². The van der Waals surface area contributed by atoms with Gasteiger partial charge in [0.1, 0.15) is 24.7 Å². The molecule has 20 heavy (non-hydrogen) atoms. The van der Waals surface area contributed by atoms with E-state index in [0.717, 1.165) is 16.9 Å². The first kappa shape index (κ1) is 13.3. The maximum atomic E-state index is 7.76. The van der Waals surface area contributed by atoms with Gasteiger partial charge in [-0.25, -0.2) is 0 Å². The van der Waals surface area contributed by atoms with Crippen LogP contribution in [0.1, 0.15) is 11.1 Å². The largest absolute Gasteiger partial charge is 0.489 e. The Morgan fingerprint density at radius 1 is 1.15 bits per heavy atom. The monoisotopic (exact) mass is 307 g/mol. The summed E-state index contributed by atoms with van der Waals surface area (Å²) in [5.41, 5.74) is 2.11. The third-order valence-corrected chi connectivity index (χ3v) is 3.64. The molecular weight excluding hydrogens is 297 g/mol. The SMILES string of the molecule is N=C1COc2ccc(OCc3ccc(Cl)cc3Cl)cc21. The summed E-state index contributed by atoms with van der Waals surface area (Å²) in [4.78, 5) is 0. The third-order valence-electron chi connectivity index (χ3n) is 3.06. The lowest BCUT2D eigenvalue weighted by Gasteiger charge is -2.09. The summed E-state index contributed by atoms with van der Waals surface area (Å²) in [5.74, 6) is 1.41. The fourth-order valence-electron chi connectivity index (χ4n) is 1.99. The van der Waals surface area contributed by atoms with Crippen LogP contribution in [0.15, 0.2) is 36.4 Å². The van der Waals surface area contributed by atoms with Crippen LogP contribution in [0.4, 0.5) is 0 Å². The minimum Gasteiger partial charge on any atom is -0.489 e. The van der Waals surface area contributed by atoms with Crippen molar-refractivity contribution in [2.24, 2.45) is 0 Å². The number of hydrogen-bond acceptors (Lipinski definition) is 3. The van der Waals surface area contributed by atoms with Gasteiger partial charge in [0, 0.05) is 21.2 Å². The topological polar surface area (TPSA) is 42.3 Å². The molecular formula is C15H11Cl2NO2. The molecule has 102 valence electrons. The maximum absolute atomic E-state index is 7.76. The molecule has 0 aromatic heterocycles. The Bertz CT molecular complexity index is 686. The van der Waals surface area contributed by atoms with Gasteiger partial charge < -0.3 is 14.9 Å². The Labute approximate surface area is 126 Å². The van der Waals surface area contributed by atoms with Crippen LogP contribution in [-0.4, -0.2) is 12.3 Å². The van der Waals surface area contributed by atoms with E-state index < -0.39 is 0 Å². The second-order valence-electron chi connectivity index (χ2n) is 4.45. The van der Waals surface area contributed by atoms with Gasteiger partial charge >= 0.3 is 0 Å². The van der Waals surface area contributed by atoms with Crippen molar-refractivity contribution in [1.29, 1.82) is 5.41 Å². The normalized spacial score (nSPS) is 13.0. The van der Waals surface area contributed by atoms with E-state index in [1.165, 1.54) is 0 Å². The van der Waals surface area contributed by atoms with Crippen LogP contribution in [0, 0.1) is 5.41 Å². The van der Waals surface area contributed by atoms with Crippen molar-refractivity contribution < 1.29 is 9.47 Å². The predicted molar refractivity (Wildman–Crippen MR) is 79.6 cm³/mol. The number of rotatable bonds is 3. The Hall–Kier alpha value is -1.71. The second-order valence-corrected chi connectivity index (χ2v) is 5.29. The van der Waals surface area contributed by atoms with E-state index in [4.69, 9.17) is 38.1 Å². The summed E-state index contributed by atoms with van der Waals surface area (Å²) in [6.07, 6.45) is 0. The molecule has 0 saturated heterocycles. The lowest BCUT2D eigenvalue weighted by Crippen LogP contribution is -2.00. The van der Waals surface area contributed by atoms with Gasteiger partial charge in [0.2, 0.25) is 0 Å². The summed E-state index contributed by atoms with van der Waals surface area (Å²) < 4.78 is 11.1. The summed E-state index contributed by atoms with van der Waals surface area (Å²) in [6, 6.07) is 10.8. The fourth-order valence-corrected chi connectivity index (χ4v) is 2.45. The van der Waals surface area contributed by atoms with Crippen molar-refractivity contribution in [3.63, 3.8) is 0 Å². The van der Waals surface area contributed by atoms with E-state index in [1.54, 1.807) is 12.1 Å². The van der Waals surface area contributed by atoms with Gasteiger partial charge in [0.05, 0.1) is 5.71 Å². The molecule has 1 N–H and O–H groups in total. The molecule has 1 aliphatic rings. The number of benzene rings is 2. The highest BCUT2D eigenvalue weighted by Gasteiger charge is 2.18. The number of ether oxygens (including phenoxy) is 2. The molecule has 2 aromatic rings. The zero-order chi connectivity index (χ0) is 14.1. The van der Waals surface area contributed by atoms with Crippen LogP contribution in [0.25, 0.3) is 0 Å². The zero-order valence-corrected chi connectivity index (χ0v) is 12.0. The zero-order valence-electron chi connectivity index (χ0n) is 10.5. The molecule has 0 spiro atoms. The van der Waals surface area contributed by atoms with Gasteiger partial charge in [0.15, 0.2) is 0 Å². The molecule has 0 saturated carbocycles. The molecule has 0 bridgehead atoms. The molecule has 0 radical (unpaired) electrons. The molecule has 5 heteroatoms. The summed E-state index contributed by atoms with van der Waals surface area (Å²) in [7, 11) is 0. The van der Waals surface area contributed by atoms with Gasteiger partial charge in [-0.3, -0.25) is 0 Å². The van der Waals surface area contributed by atoms with Gasteiger partial charge in [-0.05, 0) is 30.3 Å². The van der Waals surface area contributed by atoms with Crippen LogP contribution >= 0.6 is 23.2 Å². The smallest absolute Gasteiger partial charge is 0.130 e. The fraction of sp³-hybridized carbons (Fsp3) is 0.133. The van der Waals surface area contributed by atoms with E-state index in [9.17, 15) is 0 Å². The highest BCUT2D eigenvalue weighted by atomic mass is 35.5. The van der Waals surface area contributed by atoms with E-state index in [0.29, 0.717) is 34.7 Å². The van der Waals surface area contributed by atoms with Crippen LogP contribution in [0.5, 0.6) is 11.5 Å². The quantitative estimate of drug-likeness (QED) is 0.917. The highest BCUT2D eigenvalue weighted by Crippen LogP contribution is 2.30. The molecule has 0 atom stereocenters. The first-order valence-electron chi connectivity index (χ1n) is 6.05. The average molecular weight is 308 g/mol. The molecule has 0 aliphatic carbocycles. The number of hydrogen-bond donors (Lipinski definition) is 1. The van der Waals surface area contributed by atoms with Gasteiger partial charge in [-0.1, -0.05) is 29.3 Å². The van der Waals surface area contributed by atoms with Crippen LogP contribution in [0.3, 0.4) is 0 Å². The van der Waals surface area contributed by atoms with Gasteiger partial charge in [-0.2, -0.15) is 0 Å². The second kappa shape index (κ2) is 5.35. The first-order chi connectivity index (χ1) is 9.63. The van der Waals surface area contributed by atoms with Crippen molar-refractivity contribution in [3.05, 3.63) is 57.6 Å². The van der Waals surface area contributed by atoms with Crippen molar-refractivity contribution >= 4 is 28.9 Å². The third kappa shape index (κ3) is 2.60. The molecule has 3 nitrogen and oxygen atoms in total. The molecule has 1 heterocycles. The van der Waals surface area contributed by atoms with E-state index in [1.807, 2.05) is 24.3 Å². The summed E-state index contributed by atoms with van der Waals surface area (Å²) in [6.45, 7) is 0.671. The molecule has 3 rings (SSSR count). The lowest BCUT2D eigenvalue weighted by molar-refractivity contribution is 0.305. The van der Waals surface area contributed by atoms with E-state index in [2.05, 4.69) is 0 Å². The number of fused-ring (bicyclic) bond motifs is 1. The number of halogens is 2. The van der Waals surface area contributed by atoms with Crippen LogP contribution < -0.4 is 9.47 Å². The average Bonchev–Trinajstić information content (AvgIpc) is 2.79. The van der Waals surface area contributed by atoms with Crippen molar-refractivity contribution in [3.8, 4) is 11.5 Å². The van der Waals surface area contributed by atoms with E-state index >= 15 is 0 Å². The summed E-state index contributed by atoms with van der Waals surface area (Å²) in [5, 5.41) is 8.94. The van der Waals surface area contributed by atoms with Crippen LogP contribution in [0.2, 0.25) is 10.0 Å². The Balaban J connectivity index is 1.76. The lowest BCUT2D eigenvalue weighted by atomic mass is 10.1. The molecule has 0 amide bonds. The minimum atomic E-state index is 0.321. The predicted octanol–water partition coefficient (Wildman–Crippen LogP) is 4.33. The molecule has 0 fully saturated rings. The number of nitrogens with one attached hydrogen (secondary N) is 1. The van der Waals surface area contributed by atoms with Crippen molar-refractivity contribution in [2.75, 3.05) is 6.61 Å². The van der Waals surface area contributed by atoms with Crippen LogP contribution in [-0.2, 0) is 6.61 Å². The van der Waals surface area contributed by atoms with Gasteiger partial charge in [0.25, 0.3) is 0 Å². The summed E-state index contributed by atoms with van der Waals surface area (Å²) >= 11 is 11.9. The molecule has 0 unspecified atom stereocenters. The maximum Gasteiger partial charge on any atom is 0.130 e. The molecule has 1 aliphatic heterocycles. The van der Waals surface area contributed by atoms with Crippen molar-refractivity contribution in [2.45, 2.75) is 6.61 Å². The van der Waals surface area contributed by atoms with Gasteiger partial charge in [-0.15, -0.1) is 0 Å².